The minimum Gasteiger partial charge on any atom is -0.494 e. The molecule has 3 aromatic rings. The number of ether oxygens (including phenoxy) is 1. The van der Waals surface area contributed by atoms with Gasteiger partial charge in [0.2, 0.25) is 5.28 Å². The molecule has 3 aromatic carbocycles. The predicted octanol–water partition coefficient (Wildman–Crippen LogP) is 6.40. The minimum atomic E-state index is -5.28. The highest BCUT2D eigenvalue weighted by Gasteiger charge is 2.53. The first-order valence-corrected chi connectivity index (χ1v) is 13.8. The molecule has 8 heteroatoms. The molecule has 192 valence electrons. The fourth-order valence-electron chi connectivity index (χ4n) is 4.03. The van der Waals surface area contributed by atoms with E-state index in [4.69, 9.17) is 10.5 Å². The molecule has 0 bridgehead atoms. The number of rotatable bonds is 13. The number of benzene rings is 3. The van der Waals surface area contributed by atoms with Gasteiger partial charge in [0.1, 0.15) is 11.6 Å². The van der Waals surface area contributed by atoms with Gasteiger partial charge in [-0.05, 0) is 35.7 Å². The van der Waals surface area contributed by atoms with Gasteiger partial charge in [0, 0.05) is 11.1 Å². The van der Waals surface area contributed by atoms with Crippen molar-refractivity contribution >= 4 is 13.4 Å². The molecule has 4 N–H and O–H groups in total. The van der Waals surface area contributed by atoms with E-state index in [0.717, 1.165) is 41.9 Å². The van der Waals surface area contributed by atoms with Crippen LogP contribution in [0.4, 0.5) is 4.39 Å². The van der Waals surface area contributed by atoms with Crippen LogP contribution >= 0.6 is 7.60 Å². The molecule has 0 saturated carbocycles. The summed E-state index contributed by atoms with van der Waals surface area (Å²) in [6.07, 6.45) is 7.19. The summed E-state index contributed by atoms with van der Waals surface area (Å²) < 4.78 is 32.5. The second kappa shape index (κ2) is 12.4. The van der Waals surface area contributed by atoms with E-state index in [1.165, 1.54) is 49.9 Å². The van der Waals surface area contributed by atoms with Crippen molar-refractivity contribution < 1.29 is 28.3 Å². The topological polar surface area (TPSA) is 110 Å². The summed E-state index contributed by atoms with van der Waals surface area (Å²) in [6, 6.07) is 18.5. The molecule has 1 atom stereocenters. The van der Waals surface area contributed by atoms with Crippen LogP contribution in [0.5, 0.6) is 5.75 Å². The molecule has 0 aliphatic rings. The van der Waals surface area contributed by atoms with Crippen LogP contribution in [0.3, 0.4) is 0 Å². The van der Waals surface area contributed by atoms with Crippen LogP contribution < -0.4 is 10.5 Å². The maximum atomic E-state index is 14.4. The summed E-state index contributed by atoms with van der Waals surface area (Å²) in [7, 11) is -5.28. The molecule has 6 nitrogen and oxygen atoms in total. The summed E-state index contributed by atoms with van der Waals surface area (Å²) in [6.45, 7) is 2.87. The van der Waals surface area contributed by atoms with Gasteiger partial charge >= 0.3 is 7.60 Å². The Hall–Kier alpha value is -2.83. The van der Waals surface area contributed by atoms with Gasteiger partial charge in [0.05, 0.1) is 6.61 Å². The summed E-state index contributed by atoms with van der Waals surface area (Å²) in [5, 5.41) is -2.84. The number of hydrogen-bond donors (Lipinski definition) is 3. The molecule has 0 aliphatic carbocycles. The molecule has 1 unspecified atom stereocenters. The number of ketones is 1. The highest BCUT2D eigenvalue weighted by Crippen LogP contribution is 2.55. The van der Waals surface area contributed by atoms with Crippen molar-refractivity contribution in [1.82, 2.24) is 0 Å². The van der Waals surface area contributed by atoms with Gasteiger partial charge in [-0.3, -0.25) is 9.36 Å². The predicted molar refractivity (Wildman–Crippen MR) is 139 cm³/mol. The number of carbonyl (C=O) groups excluding carboxylic acids is 1. The molecule has 0 saturated heterocycles. The van der Waals surface area contributed by atoms with Gasteiger partial charge < -0.3 is 20.3 Å². The van der Waals surface area contributed by atoms with Crippen molar-refractivity contribution in [3.05, 3.63) is 89.7 Å². The zero-order chi connectivity index (χ0) is 26.2. The van der Waals surface area contributed by atoms with Crippen molar-refractivity contribution in [1.29, 1.82) is 0 Å². The number of halogens is 1. The van der Waals surface area contributed by atoms with E-state index in [1.54, 1.807) is 12.1 Å². The normalized spacial score (nSPS) is 13.2. The largest absolute Gasteiger partial charge is 0.494 e. The van der Waals surface area contributed by atoms with Crippen molar-refractivity contribution in [2.45, 2.75) is 50.7 Å². The molecule has 0 amide bonds. The third-order valence-electron chi connectivity index (χ3n) is 6.19. The van der Waals surface area contributed by atoms with E-state index in [0.29, 0.717) is 6.61 Å². The van der Waals surface area contributed by atoms with Crippen LogP contribution in [0.25, 0.3) is 11.1 Å². The Balaban J connectivity index is 1.69. The Morgan fingerprint density at radius 3 is 2.03 bits per heavy atom. The van der Waals surface area contributed by atoms with E-state index in [1.807, 2.05) is 24.3 Å². The minimum absolute atomic E-state index is 0.0354. The highest BCUT2D eigenvalue weighted by atomic mass is 31.2. The third kappa shape index (κ3) is 6.48. The molecule has 0 aliphatic heterocycles. The lowest BCUT2D eigenvalue weighted by Gasteiger charge is -2.29. The smallest absolute Gasteiger partial charge is 0.357 e. The maximum Gasteiger partial charge on any atom is 0.357 e. The Morgan fingerprint density at radius 1 is 0.889 bits per heavy atom. The molecule has 0 aromatic heterocycles. The number of Topliss-reactive ketones (excluding diaryl/α,β-unsaturated/α-hetero) is 1. The Morgan fingerprint density at radius 2 is 1.44 bits per heavy atom. The third-order valence-corrected chi connectivity index (χ3v) is 7.55. The van der Waals surface area contributed by atoms with E-state index >= 15 is 0 Å². The summed E-state index contributed by atoms with van der Waals surface area (Å²) in [4.78, 5) is 33.0. The van der Waals surface area contributed by atoms with Gasteiger partial charge in [0.15, 0.2) is 5.78 Å². The van der Waals surface area contributed by atoms with Crippen LogP contribution in [-0.4, -0.2) is 22.2 Å². The fourth-order valence-corrected chi connectivity index (χ4v) is 4.92. The first kappa shape index (κ1) is 27.8. The van der Waals surface area contributed by atoms with Gasteiger partial charge in [-0.25, -0.2) is 4.39 Å². The van der Waals surface area contributed by atoms with E-state index in [9.17, 15) is 23.5 Å². The van der Waals surface area contributed by atoms with Crippen LogP contribution in [0.2, 0.25) is 0 Å². The monoisotopic (exact) mass is 513 g/mol. The second-order valence-corrected chi connectivity index (χ2v) is 10.6. The molecule has 0 heterocycles. The number of carbonyl (C=O) groups is 1. The number of nitrogens with two attached hydrogens (primary N) is 1. The SMILES string of the molecule is CCCCCCCCOc1ccc(-c2ccc(C(=O)C(N)(c3ccccc3F)P(=O)(O)O)cc2)cc1. The van der Waals surface area contributed by atoms with Gasteiger partial charge in [-0.2, -0.15) is 0 Å². The average Bonchev–Trinajstić information content (AvgIpc) is 2.87. The molecule has 3 rings (SSSR count). The maximum absolute atomic E-state index is 14.4. The van der Waals surface area contributed by atoms with Crippen molar-refractivity contribution in [3.8, 4) is 16.9 Å². The first-order valence-electron chi connectivity index (χ1n) is 12.2. The number of unbranched alkanes of at least 4 members (excludes halogenated alkanes) is 5. The summed E-state index contributed by atoms with van der Waals surface area (Å²) >= 11 is 0. The Labute approximate surface area is 211 Å². The molecule has 36 heavy (non-hydrogen) atoms. The second-order valence-electron chi connectivity index (χ2n) is 8.84. The molecule has 0 spiro atoms. The van der Waals surface area contributed by atoms with Gasteiger partial charge in [0.25, 0.3) is 0 Å². The summed E-state index contributed by atoms with van der Waals surface area (Å²) in [5.74, 6) is -1.25. The van der Waals surface area contributed by atoms with E-state index in [-0.39, 0.29) is 5.56 Å². The van der Waals surface area contributed by atoms with Crippen molar-refractivity contribution in [3.63, 3.8) is 0 Å². The average molecular weight is 514 g/mol. The van der Waals surface area contributed by atoms with Crippen LogP contribution in [-0.2, 0) is 9.85 Å². The standard InChI is InChI=1S/C28H33FNO5P/c1-2-3-4-5-6-9-20-35-24-18-16-22(17-19-24)21-12-14-23(15-13-21)27(31)28(30,36(32,33)34)25-10-7-8-11-26(25)29/h7-8,10-19H,2-6,9,20,30H2,1H3,(H2,32,33,34). The lowest BCUT2D eigenvalue weighted by atomic mass is 9.95. The highest BCUT2D eigenvalue weighted by molar-refractivity contribution is 7.54. The zero-order valence-electron chi connectivity index (χ0n) is 20.4. The lowest BCUT2D eigenvalue weighted by Crippen LogP contribution is -2.45. The molecular formula is C28H33FNO5P. The lowest BCUT2D eigenvalue weighted by molar-refractivity contribution is 0.0919. The Bertz CT molecular complexity index is 1190. The molecule has 0 fully saturated rings. The fraction of sp³-hybridized carbons (Fsp3) is 0.321. The zero-order valence-corrected chi connectivity index (χ0v) is 21.3. The summed E-state index contributed by atoms with van der Waals surface area (Å²) in [5.41, 5.74) is 7.03. The number of hydrogen-bond acceptors (Lipinski definition) is 4. The van der Waals surface area contributed by atoms with Gasteiger partial charge in [-0.15, -0.1) is 0 Å². The van der Waals surface area contributed by atoms with E-state index in [2.05, 4.69) is 6.92 Å². The van der Waals surface area contributed by atoms with Crippen molar-refractivity contribution in [2.75, 3.05) is 6.61 Å². The van der Waals surface area contributed by atoms with Gasteiger partial charge in [-0.1, -0.05) is 93.6 Å². The van der Waals surface area contributed by atoms with Crippen LogP contribution in [0, 0.1) is 5.82 Å². The van der Waals surface area contributed by atoms with E-state index < -0.39 is 30.0 Å². The van der Waals surface area contributed by atoms with Crippen LogP contribution in [0.1, 0.15) is 61.4 Å². The Kier molecular flexibility index (Phi) is 9.57. The first-order chi connectivity index (χ1) is 17.2. The molecule has 0 radical (unpaired) electrons. The quantitative estimate of drug-likeness (QED) is 0.139. The van der Waals surface area contributed by atoms with Crippen LogP contribution in [0.15, 0.2) is 72.8 Å². The van der Waals surface area contributed by atoms with Crippen molar-refractivity contribution in [2.24, 2.45) is 5.73 Å². The molecular weight excluding hydrogens is 480 g/mol.